The second-order valence-electron chi connectivity index (χ2n) is 4.31. The molecule has 4 heteroatoms. The first-order chi connectivity index (χ1) is 9.08. The Morgan fingerprint density at radius 2 is 1.84 bits per heavy atom. The maximum atomic E-state index is 12.3. The highest BCUT2D eigenvalue weighted by molar-refractivity contribution is 7.78. The number of carbonyl (C=O) groups excluding carboxylic acids is 1. The van der Waals surface area contributed by atoms with E-state index in [1.54, 1.807) is 30.3 Å². The first kappa shape index (κ1) is 13.6. The summed E-state index contributed by atoms with van der Waals surface area (Å²) in [4.78, 5) is 12.3. The molecule has 0 saturated carbocycles. The van der Waals surface area contributed by atoms with Gasteiger partial charge in [0.2, 0.25) is 0 Å². The van der Waals surface area contributed by atoms with Crippen molar-refractivity contribution in [2.24, 2.45) is 0 Å². The summed E-state index contributed by atoms with van der Waals surface area (Å²) in [6.45, 7) is 1.83. The highest BCUT2D eigenvalue weighted by Crippen LogP contribution is 2.16. The van der Waals surface area contributed by atoms with Gasteiger partial charge in [0.1, 0.15) is 0 Å². The summed E-state index contributed by atoms with van der Waals surface area (Å²) in [6.07, 6.45) is 0. The fourth-order valence-corrected chi connectivity index (χ4v) is 2.42. The third-order valence-corrected chi connectivity index (χ3v) is 3.44. The number of aryl methyl sites for hydroxylation is 1. The van der Waals surface area contributed by atoms with E-state index in [9.17, 15) is 9.00 Å². The van der Waals surface area contributed by atoms with E-state index in [0.29, 0.717) is 11.1 Å². The molecule has 1 unspecified atom stereocenters. The maximum absolute atomic E-state index is 12.3. The van der Waals surface area contributed by atoms with Crippen LogP contribution in [0, 0.1) is 6.92 Å². The Morgan fingerprint density at radius 1 is 1.16 bits per heavy atom. The molecule has 0 aromatic heterocycles. The normalized spacial score (nSPS) is 12.1. The SMILES string of the molecule is Cc1cc(CS(=O)O)ccc1C(=O)c1ccccc1. The van der Waals surface area contributed by atoms with Crippen molar-refractivity contribution in [2.45, 2.75) is 12.7 Å². The largest absolute Gasteiger partial charge is 0.306 e. The van der Waals surface area contributed by atoms with Crippen molar-refractivity contribution in [1.82, 2.24) is 0 Å². The topological polar surface area (TPSA) is 54.4 Å². The zero-order valence-corrected chi connectivity index (χ0v) is 11.3. The molecule has 3 nitrogen and oxygen atoms in total. The van der Waals surface area contributed by atoms with Gasteiger partial charge in [-0.15, -0.1) is 0 Å². The monoisotopic (exact) mass is 274 g/mol. The second-order valence-corrected chi connectivity index (χ2v) is 5.24. The Morgan fingerprint density at radius 3 is 2.42 bits per heavy atom. The number of ketones is 1. The zero-order valence-electron chi connectivity index (χ0n) is 10.5. The third-order valence-electron chi connectivity index (χ3n) is 2.86. The number of hydrogen-bond donors (Lipinski definition) is 1. The van der Waals surface area contributed by atoms with Crippen LogP contribution >= 0.6 is 0 Å². The molecule has 0 aliphatic rings. The molecule has 2 rings (SSSR count). The minimum atomic E-state index is -1.86. The number of rotatable bonds is 4. The zero-order chi connectivity index (χ0) is 13.8. The van der Waals surface area contributed by atoms with Crippen molar-refractivity contribution >= 4 is 16.9 Å². The summed E-state index contributed by atoms with van der Waals surface area (Å²) in [5, 5.41) is 0. The van der Waals surface area contributed by atoms with Gasteiger partial charge in [0.05, 0.1) is 5.75 Å². The lowest BCUT2D eigenvalue weighted by atomic mass is 9.98. The lowest BCUT2D eigenvalue weighted by Gasteiger charge is -2.07. The summed E-state index contributed by atoms with van der Waals surface area (Å²) < 4.78 is 19.6. The molecule has 19 heavy (non-hydrogen) atoms. The predicted octanol–water partition coefficient (Wildman–Crippen LogP) is 2.95. The molecular weight excluding hydrogens is 260 g/mol. The van der Waals surface area contributed by atoms with Crippen molar-refractivity contribution in [3.05, 3.63) is 70.8 Å². The molecule has 0 fully saturated rings. The Hall–Kier alpha value is -1.78. The Labute approximate surface area is 114 Å². The van der Waals surface area contributed by atoms with Crippen LogP contribution in [-0.2, 0) is 16.8 Å². The first-order valence-electron chi connectivity index (χ1n) is 5.84. The molecule has 0 heterocycles. The lowest BCUT2D eigenvalue weighted by molar-refractivity contribution is 0.103. The minimum absolute atomic E-state index is 0.0326. The molecule has 0 bridgehead atoms. The molecule has 0 saturated heterocycles. The van der Waals surface area contributed by atoms with E-state index in [2.05, 4.69) is 0 Å². The van der Waals surface area contributed by atoms with Crippen molar-refractivity contribution < 1.29 is 13.6 Å². The summed E-state index contributed by atoms with van der Waals surface area (Å²) in [5.41, 5.74) is 2.84. The van der Waals surface area contributed by atoms with Crippen molar-refractivity contribution in [1.29, 1.82) is 0 Å². The van der Waals surface area contributed by atoms with Crippen LogP contribution in [0.4, 0.5) is 0 Å². The van der Waals surface area contributed by atoms with E-state index in [-0.39, 0.29) is 11.5 Å². The highest BCUT2D eigenvalue weighted by atomic mass is 32.2. The smallest absolute Gasteiger partial charge is 0.193 e. The van der Waals surface area contributed by atoms with Crippen LogP contribution in [0.15, 0.2) is 48.5 Å². The Kier molecular flexibility index (Phi) is 4.24. The molecule has 0 radical (unpaired) electrons. The number of hydrogen-bond acceptors (Lipinski definition) is 2. The predicted molar refractivity (Wildman–Crippen MR) is 75.5 cm³/mol. The Bertz CT molecular complexity index is 621. The molecule has 2 aromatic carbocycles. The van der Waals surface area contributed by atoms with Crippen LogP contribution < -0.4 is 0 Å². The first-order valence-corrected chi connectivity index (χ1v) is 7.12. The minimum Gasteiger partial charge on any atom is -0.306 e. The van der Waals surface area contributed by atoms with E-state index >= 15 is 0 Å². The average molecular weight is 274 g/mol. The van der Waals surface area contributed by atoms with E-state index in [1.165, 1.54) is 0 Å². The Balaban J connectivity index is 2.31. The van der Waals surface area contributed by atoms with Gasteiger partial charge in [-0.1, -0.05) is 48.5 Å². The average Bonchev–Trinajstić information content (AvgIpc) is 2.38. The highest BCUT2D eigenvalue weighted by Gasteiger charge is 2.12. The van der Waals surface area contributed by atoms with Gasteiger partial charge in [-0.2, -0.15) is 0 Å². The van der Waals surface area contributed by atoms with Crippen molar-refractivity contribution in [3.8, 4) is 0 Å². The summed E-state index contributed by atoms with van der Waals surface area (Å²) >= 11 is -1.86. The molecule has 1 N–H and O–H groups in total. The van der Waals surface area contributed by atoms with Crippen molar-refractivity contribution in [3.63, 3.8) is 0 Å². The van der Waals surface area contributed by atoms with Crippen molar-refractivity contribution in [2.75, 3.05) is 0 Å². The van der Waals surface area contributed by atoms with E-state index in [0.717, 1.165) is 11.1 Å². The van der Waals surface area contributed by atoms with Crippen LogP contribution in [0.1, 0.15) is 27.0 Å². The van der Waals surface area contributed by atoms with Gasteiger partial charge < -0.3 is 4.55 Å². The molecule has 0 aliphatic heterocycles. The quantitative estimate of drug-likeness (QED) is 0.689. The molecule has 98 valence electrons. The maximum Gasteiger partial charge on any atom is 0.193 e. The van der Waals surface area contributed by atoms with E-state index in [4.69, 9.17) is 4.55 Å². The van der Waals surface area contributed by atoms with E-state index in [1.807, 2.05) is 25.1 Å². The van der Waals surface area contributed by atoms with Gasteiger partial charge in [-0.3, -0.25) is 4.79 Å². The summed E-state index contributed by atoms with van der Waals surface area (Å²) in [5.74, 6) is 0.0514. The van der Waals surface area contributed by atoms with Crippen LogP contribution in [0.5, 0.6) is 0 Å². The molecule has 0 amide bonds. The number of benzene rings is 2. The number of carbonyl (C=O) groups is 1. The fourth-order valence-electron chi connectivity index (χ4n) is 1.96. The van der Waals surface area contributed by atoms with Crippen LogP contribution in [0.25, 0.3) is 0 Å². The van der Waals surface area contributed by atoms with Gasteiger partial charge in [0, 0.05) is 11.1 Å². The standard InChI is InChI=1S/C15H14O3S/c1-11-9-12(10-19(17)18)7-8-14(11)15(16)13-5-3-2-4-6-13/h2-9H,10H2,1H3,(H,17,18). The van der Waals surface area contributed by atoms with Gasteiger partial charge in [0.15, 0.2) is 16.9 Å². The van der Waals surface area contributed by atoms with Crippen LogP contribution in [-0.4, -0.2) is 14.5 Å². The van der Waals surface area contributed by atoms with Gasteiger partial charge in [0.25, 0.3) is 0 Å². The third kappa shape index (κ3) is 3.36. The molecule has 1 atom stereocenters. The summed E-state index contributed by atoms with van der Waals surface area (Å²) in [6, 6.07) is 14.3. The fraction of sp³-hybridized carbons (Fsp3) is 0.133. The van der Waals surface area contributed by atoms with E-state index < -0.39 is 11.1 Å². The van der Waals surface area contributed by atoms with Gasteiger partial charge in [-0.05, 0) is 18.1 Å². The van der Waals surface area contributed by atoms with Crippen LogP contribution in [0.2, 0.25) is 0 Å². The molecule has 0 spiro atoms. The van der Waals surface area contributed by atoms with Crippen LogP contribution in [0.3, 0.4) is 0 Å². The molecule has 0 aliphatic carbocycles. The van der Waals surface area contributed by atoms with Gasteiger partial charge >= 0.3 is 0 Å². The molecular formula is C15H14O3S. The van der Waals surface area contributed by atoms with Gasteiger partial charge in [-0.25, -0.2) is 4.21 Å². The second kappa shape index (κ2) is 5.91. The lowest BCUT2D eigenvalue weighted by Crippen LogP contribution is -2.04. The summed E-state index contributed by atoms with van der Waals surface area (Å²) in [7, 11) is 0. The molecule has 2 aromatic rings.